The van der Waals surface area contributed by atoms with Crippen molar-refractivity contribution in [3.63, 3.8) is 0 Å². The average molecular weight is 216 g/mol. The van der Waals surface area contributed by atoms with Crippen LogP contribution < -0.4 is 5.73 Å². The molecule has 0 atom stereocenters. The number of nitrogen functional groups attached to an aromatic ring is 1. The van der Waals surface area contributed by atoms with E-state index in [-0.39, 0.29) is 5.84 Å². The van der Waals surface area contributed by atoms with Gasteiger partial charge in [0.2, 0.25) is 0 Å². The number of aromatic nitrogens is 4. The quantitative estimate of drug-likeness (QED) is 0.581. The lowest BCUT2D eigenvalue weighted by atomic mass is 10.3. The Hall–Kier alpha value is -2.24. The predicted octanol–water partition coefficient (Wildman–Crippen LogP) is 0.644. The SMILES string of the molecule is CCn1nc(-c2cnccn2)cc1C(=N)N. The van der Waals surface area contributed by atoms with Gasteiger partial charge in [0.25, 0.3) is 0 Å². The first-order chi connectivity index (χ1) is 7.72. The van der Waals surface area contributed by atoms with E-state index in [9.17, 15) is 0 Å². The van der Waals surface area contributed by atoms with Gasteiger partial charge >= 0.3 is 0 Å². The Kier molecular flexibility index (Phi) is 2.63. The average Bonchev–Trinajstić information content (AvgIpc) is 2.74. The molecule has 0 bridgehead atoms. The minimum absolute atomic E-state index is 0.00416. The Morgan fingerprint density at radius 2 is 2.25 bits per heavy atom. The summed E-state index contributed by atoms with van der Waals surface area (Å²) in [6, 6.07) is 1.75. The Labute approximate surface area is 92.7 Å². The molecule has 0 spiro atoms. The van der Waals surface area contributed by atoms with E-state index >= 15 is 0 Å². The molecule has 6 nitrogen and oxygen atoms in total. The van der Waals surface area contributed by atoms with Crippen LogP contribution in [-0.4, -0.2) is 25.6 Å². The summed E-state index contributed by atoms with van der Waals surface area (Å²) in [6.45, 7) is 2.61. The van der Waals surface area contributed by atoms with Gasteiger partial charge in [-0.15, -0.1) is 0 Å². The number of hydrogen-bond donors (Lipinski definition) is 2. The van der Waals surface area contributed by atoms with Crippen molar-refractivity contribution < 1.29 is 0 Å². The predicted molar refractivity (Wildman–Crippen MR) is 59.9 cm³/mol. The molecule has 16 heavy (non-hydrogen) atoms. The fourth-order valence-electron chi connectivity index (χ4n) is 1.43. The van der Waals surface area contributed by atoms with E-state index in [1.54, 1.807) is 29.3 Å². The maximum atomic E-state index is 7.44. The highest BCUT2D eigenvalue weighted by Gasteiger charge is 2.11. The van der Waals surface area contributed by atoms with Crippen molar-refractivity contribution in [2.24, 2.45) is 5.73 Å². The third-order valence-electron chi connectivity index (χ3n) is 2.18. The molecule has 0 aromatic carbocycles. The maximum Gasteiger partial charge on any atom is 0.141 e. The van der Waals surface area contributed by atoms with Crippen molar-refractivity contribution in [2.45, 2.75) is 13.5 Å². The molecule has 0 aliphatic carbocycles. The zero-order valence-corrected chi connectivity index (χ0v) is 8.88. The number of nitrogens with one attached hydrogen (secondary N) is 1. The van der Waals surface area contributed by atoms with Crippen molar-refractivity contribution in [3.8, 4) is 11.4 Å². The van der Waals surface area contributed by atoms with Gasteiger partial charge in [-0.2, -0.15) is 5.10 Å². The Balaban J connectivity index is 2.48. The standard InChI is InChI=1S/C10H12N6/c1-2-16-9(10(11)12)5-7(15-16)8-6-13-3-4-14-8/h3-6H,2H2,1H3,(H3,11,12). The molecule has 0 fully saturated rings. The van der Waals surface area contributed by atoms with Crippen molar-refractivity contribution >= 4 is 5.84 Å². The highest BCUT2D eigenvalue weighted by molar-refractivity contribution is 5.94. The van der Waals surface area contributed by atoms with Crippen LogP contribution >= 0.6 is 0 Å². The number of aryl methyl sites for hydroxylation is 1. The normalized spacial score (nSPS) is 10.3. The summed E-state index contributed by atoms with van der Waals surface area (Å²) in [5.41, 5.74) is 7.43. The zero-order valence-electron chi connectivity index (χ0n) is 8.88. The van der Waals surface area contributed by atoms with Gasteiger partial charge in [0.15, 0.2) is 0 Å². The van der Waals surface area contributed by atoms with Gasteiger partial charge in [-0.05, 0) is 13.0 Å². The Bertz CT molecular complexity index is 501. The van der Waals surface area contributed by atoms with Crippen LogP contribution in [0.15, 0.2) is 24.7 Å². The van der Waals surface area contributed by atoms with E-state index in [2.05, 4.69) is 15.1 Å². The molecular weight excluding hydrogens is 204 g/mol. The van der Waals surface area contributed by atoms with Gasteiger partial charge in [0.1, 0.15) is 22.9 Å². The van der Waals surface area contributed by atoms with E-state index in [1.165, 1.54) is 0 Å². The molecule has 0 saturated carbocycles. The molecular formula is C10H12N6. The second kappa shape index (κ2) is 4.09. The molecule has 6 heteroatoms. The largest absolute Gasteiger partial charge is 0.382 e. The van der Waals surface area contributed by atoms with Gasteiger partial charge in [0.05, 0.1) is 6.20 Å². The van der Waals surface area contributed by atoms with Crippen LogP contribution in [-0.2, 0) is 6.54 Å². The molecule has 0 unspecified atom stereocenters. The van der Waals surface area contributed by atoms with Gasteiger partial charge in [-0.1, -0.05) is 0 Å². The topological polar surface area (TPSA) is 93.5 Å². The van der Waals surface area contributed by atoms with Crippen LogP contribution in [0.25, 0.3) is 11.4 Å². The van der Waals surface area contributed by atoms with Crippen LogP contribution in [0, 0.1) is 5.41 Å². The third kappa shape index (κ3) is 1.77. The fourth-order valence-corrected chi connectivity index (χ4v) is 1.43. The second-order valence-corrected chi connectivity index (χ2v) is 3.23. The van der Waals surface area contributed by atoms with E-state index in [0.717, 1.165) is 0 Å². The molecule has 0 radical (unpaired) electrons. The molecule has 0 saturated heterocycles. The lowest BCUT2D eigenvalue weighted by Crippen LogP contribution is -2.16. The summed E-state index contributed by atoms with van der Waals surface area (Å²) in [5.74, 6) is 0.00416. The first-order valence-electron chi connectivity index (χ1n) is 4.91. The fraction of sp³-hybridized carbons (Fsp3) is 0.200. The summed E-state index contributed by atoms with van der Waals surface area (Å²) in [4.78, 5) is 8.12. The summed E-state index contributed by atoms with van der Waals surface area (Å²) in [5, 5.41) is 11.7. The Morgan fingerprint density at radius 1 is 1.44 bits per heavy atom. The molecule has 2 rings (SSSR count). The number of rotatable bonds is 3. The maximum absolute atomic E-state index is 7.44. The summed E-state index contributed by atoms with van der Waals surface area (Å²) in [6.07, 6.45) is 4.84. The van der Waals surface area contributed by atoms with Crippen molar-refractivity contribution in [1.82, 2.24) is 19.7 Å². The van der Waals surface area contributed by atoms with E-state index < -0.39 is 0 Å². The minimum Gasteiger partial charge on any atom is -0.382 e. The van der Waals surface area contributed by atoms with Crippen LogP contribution in [0.1, 0.15) is 12.6 Å². The third-order valence-corrected chi connectivity index (χ3v) is 2.18. The Morgan fingerprint density at radius 3 is 2.75 bits per heavy atom. The first kappa shape index (κ1) is 10.3. The van der Waals surface area contributed by atoms with E-state index in [4.69, 9.17) is 11.1 Å². The van der Waals surface area contributed by atoms with Gasteiger partial charge in [0, 0.05) is 18.9 Å². The molecule has 0 aliphatic rings. The summed E-state index contributed by atoms with van der Waals surface area (Å²) < 4.78 is 1.67. The van der Waals surface area contributed by atoms with Gasteiger partial charge in [-0.25, -0.2) is 0 Å². The molecule has 2 aromatic rings. The molecule has 3 N–H and O–H groups in total. The number of amidine groups is 1. The monoisotopic (exact) mass is 216 g/mol. The van der Waals surface area contributed by atoms with Crippen LogP contribution in [0.5, 0.6) is 0 Å². The number of nitrogens with zero attached hydrogens (tertiary/aromatic N) is 4. The second-order valence-electron chi connectivity index (χ2n) is 3.23. The summed E-state index contributed by atoms with van der Waals surface area (Å²) >= 11 is 0. The molecule has 0 aliphatic heterocycles. The highest BCUT2D eigenvalue weighted by atomic mass is 15.3. The lowest BCUT2D eigenvalue weighted by molar-refractivity contribution is 0.655. The highest BCUT2D eigenvalue weighted by Crippen LogP contribution is 2.15. The van der Waals surface area contributed by atoms with Crippen LogP contribution in [0.2, 0.25) is 0 Å². The first-order valence-corrected chi connectivity index (χ1v) is 4.91. The number of nitrogens with two attached hydrogens (primary N) is 1. The summed E-state index contributed by atoms with van der Waals surface area (Å²) in [7, 11) is 0. The molecule has 2 aromatic heterocycles. The van der Waals surface area contributed by atoms with Gasteiger partial charge < -0.3 is 5.73 Å². The number of hydrogen-bond acceptors (Lipinski definition) is 4. The molecule has 2 heterocycles. The lowest BCUT2D eigenvalue weighted by Gasteiger charge is -2.00. The van der Waals surface area contributed by atoms with E-state index in [1.807, 2.05) is 6.92 Å². The van der Waals surface area contributed by atoms with Crippen LogP contribution in [0.3, 0.4) is 0 Å². The van der Waals surface area contributed by atoms with Gasteiger partial charge in [-0.3, -0.25) is 20.1 Å². The minimum atomic E-state index is 0.00416. The molecule has 82 valence electrons. The van der Waals surface area contributed by atoms with Crippen molar-refractivity contribution in [2.75, 3.05) is 0 Å². The van der Waals surface area contributed by atoms with Crippen LogP contribution in [0.4, 0.5) is 0 Å². The van der Waals surface area contributed by atoms with Crippen molar-refractivity contribution in [3.05, 3.63) is 30.4 Å². The smallest absolute Gasteiger partial charge is 0.141 e. The van der Waals surface area contributed by atoms with Crippen molar-refractivity contribution in [1.29, 1.82) is 5.41 Å². The van der Waals surface area contributed by atoms with E-state index in [0.29, 0.717) is 23.6 Å². The molecule has 0 amide bonds. The zero-order chi connectivity index (χ0) is 11.5.